The monoisotopic (exact) mass is 334 g/mol. The van der Waals surface area contributed by atoms with E-state index in [0.29, 0.717) is 22.7 Å². The van der Waals surface area contributed by atoms with Gasteiger partial charge in [0.15, 0.2) is 0 Å². The Balaban J connectivity index is 2.23. The second-order valence-corrected chi connectivity index (χ2v) is 6.73. The molecule has 2 rings (SSSR count). The molecule has 0 spiro atoms. The van der Waals surface area contributed by atoms with E-state index in [9.17, 15) is 13.2 Å². The summed E-state index contributed by atoms with van der Waals surface area (Å²) in [5.41, 5.74) is 1.53. The fourth-order valence-corrected chi connectivity index (χ4v) is 2.65. The molecule has 0 aliphatic carbocycles. The van der Waals surface area contributed by atoms with Gasteiger partial charge in [0.25, 0.3) is 5.91 Å². The fourth-order valence-electron chi connectivity index (χ4n) is 2.09. The lowest BCUT2D eigenvalue weighted by Crippen LogP contribution is -2.26. The number of hydrogen-bond acceptors (Lipinski definition) is 4. The molecule has 122 valence electrons. The van der Waals surface area contributed by atoms with Crippen LogP contribution in [0.3, 0.4) is 0 Å². The Bertz CT molecular complexity index is 801. The number of amides is 1. The quantitative estimate of drug-likeness (QED) is 0.910. The van der Waals surface area contributed by atoms with Crippen LogP contribution in [0.25, 0.3) is 0 Å². The lowest BCUT2D eigenvalue weighted by atomic mass is 10.1. The van der Waals surface area contributed by atoms with Crippen molar-refractivity contribution in [3.63, 3.8) is 0 Å². The molecule has 0 unspecified atom stereocenters. The number of carbonyl (C=O) groups excluding carboxylic acids is 1. The number of para-hydroxylation sites is 1. The first-order valence-electron chi connectivity index (χ1n) is 6.81. The Morgan fingerprint density at radius 1 is 1.09 bits per heavy atom. The van der Waals surface area contributed by atoms with E-state index in [-0.39, 0.29) is 5.91 Å². The molecule has 1 N–H and O–H groups in total. The summed E-state index contributed by atoms with van der Waals surface area (Å²) in [5.74, 6) is 0.283. The molecule has 6 nitrogen and oxygen atoms in total. The third-order valence-electron chi connectivity index (χ3n) is 3.20. The smallest absolute Gasteiger partial charge is 0.261 e. The van der Waals surface area contributed by atoms with Crippen molar-refractivity contribution in [2.24, 2.45) is 0 Å². The molecule has 2 aromatic carbocycles. The van der Waals surface area contributed by atoms with Crippen molar-refractivity contribution in [2.75, 3.05) is 30.0 Å². The number of nitrogens with one attached hydrogen (secondary N) is 1. The summed E-state index contributed by atoms with van der Waals surface area (Å²) >= 11 is 0. The van der Waals surface area contributed by atoms with Crippen molar-refractivity contribution < 1.29 is 17.9 Å². The Morgan fingerprint density at radius 3 is 2.26 bits per heavy atom. The number of ether oxygens (including phenoxy) is 1. The van der Waals surface area contributed by atoms with Gasteiger partial charge in [-0.2, -0.15) is 0 Å². The number of rotatable bonds is 5. The Hall–Kier alpha value is -2.54. The second-order valence-electron chi connectivity index (χ2n) is 4.99. The van der Waals surface area contributed by atoms with Crippen LogP contribution in [0.1, 0.15) is 10.4 Å². The van der Waals surface area contributed by atoms with Gasteiger partial charge >= 0.3 is 0 Å². The standard InChI is InChI=1S/C16H18N2O4S/c1-18(16(19)14-6-4-5-7-15(14)22-2)13-10-8-12(9-11-13)17-23(3,20)21/h4-11,17H,1-3H3. The van der Waals surface area contributed by atoms with Crippen molar-refractivity contribution in [1.82, 2.24) is 0 Å². The maximum absolute atomic E-state index is 12.6. The predicted octanol–water partition coefficient (Wildman–Crippen LogP) is 2.34. The van der Waals surface area contributed by atoms with E-state index in [1.807, 2.05) is 0 Å². The van der Waals surface area contributed by atoms with E-state index in [0.717, 1.165) is 6.26 Å². The molecule has 0 aromatic heterocycles. The summed E-state index contributed by atoms with van der Waals surface area (Å²) in [6.07, 6.45) is 1.08. The zero-order valence-electron chi connectivity index (χ0n) is 13.1. The van der Waals surface area contributed by atoms with E-state index in [1.165, 1.54) is 12.0 Å². The number of anilines is 2. The predicted molar refractivity (Wildman–Crippen MR) is 90.6 cm³/mol. The summed E-state index contributed by atoms with van der Waals surface area (Å²) in [4.78, 5) is 14.0. The van der Waals surface area contributed by atoms with Crippen LogP contribution in [0.4, 0.5) is 11.4 Å². The Labute approximate surface area is 135 Å². The summed E-state index contributed by atoms with van der Waals surface area (Å²) < 4.78 is 30.0. The normalized spacial score (nSPS) is 10.9. The maximum atomic E-state index is 12.6. The highest BCUT2D eigenvalue weighted by molar-refractivity contribution is 7.92. The minimum atomic E-state index is -3.33. The van der Waals surface area contributed by atoms with Gasteiger partial charge in [0.2, 0.25) is 10.0 Å². The summed E-state index contributed by atoms with van der Waals surface area (Å²) in [7, 11) is -0.167. The van der Waals surface area contributed by atoms with Crippen molar-refractivity contribution in [1.29, 1.82) is 0 Å². The van der Waals surface area contributed by atoms with Gasteiger partial charge in [0.1, 0.15) is 5.75 Å². The molecule has 0 fully saturated rings. The number of nitrogens with zero attached hydrogens (tertiary/aromatic N) is 1. The topological polar surface area (TPSA) is 75.7 Å². The van der Waals surface area contributed by atoms with Gasteiger partial charge in [-0.15, -0.1) is 0 Å². The third kappa shape index (κ3) is 4.23. The first kappa shape index (κ1) is 16.8. The van der Waals surface area contributed by atoms with Crippen LogP contribution >= 0.6 is 0 Å². The van der Waals surface area contributed by atoms with E-state index in [4.69, 9.17) is 4.74 Å². The largest absolute Gasteiger partial charge is 0.496 e. The summed E-state index contributed by atoms with van der Waals surface area (Å²) in [6, 6.07) is 13.5. The van der Waals surface area contributed by atoms with E-state index in [2.05, 4.69) is 4.72 Å². The molecule has 7 heteroatoms. The molecule has 2 aromatic rings. The highest BCUT2D eigenvalue weighted by Crippen LogP contribution is 2.23. The van der Waals surface area contributed by atoms with Crippen molar-refractivity contribution >= 4 is 27.3 Å². The maximum Gasteiger partial charge on any atom is 0.261 e. The van der Waals surface area contributed by atoms with Crippen LogP contribution in [0.15, 0.2) is 48.5 Å². The number of hydrogen-bond donors (Lipinski definition) is 1. The van der Waals surface area contributed by atoms with E-state index >= 15 is 0 Å². The molecule has 1 amide bonds. The molecular formula is C16H18N2O4S. The minimum absolute atomic E-state index is 0.216. The molecule has 0 radical (unpaired) electrons. The lowest BCUT2D eigenvalue weighted by molar-refractivity contribution is 0.0990. The zero-order valence-corrected chi connectivity index (χ0v) is 13.9. The van der Waals surface area contributed by atoms with Gasteiger partial charge in [-0.3, -0.25) is 9.52 Å². The van der Waals surface area contributed by atoms with Gasteiger partial charge < -0.3 is 9.64 Å². The molecule has 0 saturated carbocycles. The zero-order chi connectivity index (χ0) is 17.0. The Kier molecular flexibility index (Phi) is 4.90. The minimum Gasteiger partial charge on any atom is -0.496 e. The van der Waals surface area contributed by atoms with Gasteiger partial charge in [-0.1, -0.05) is 12.1 Å². The fraction of sp³-hybridized carbons (Fsp3) is 0.188. The van der Waals surface area contributed by atoms with Crippen molar-refractivity contribution in [3.05, 3.63) is 54.1 Å². The molecule has 23 heavy (non-hydrogen) atoms. The highest BCUT2D eigenvalue weighted by Gasteiger charge is 2.17. The van der Waals surface area contributed by atoms with Crippen molar-refractivity contribution in [2.45, 2.75) is 0 Å². The van der Waals surface area contributed by atoms with Crippen LogP contribution in [0.2, 0.25) is 0 Å². The Morgan fingerprint density at radius 2 is 1.70 bits per heavy atom. The van der Waals surface area contributed by atoms with Crippen LogP contribution < -0.4 is 14.4 Å². The molecule has 0 bridgehead atoms. The van der Waals surface area contributed by atoms with Gasteiger partial charge in [-0.25, -0.2) is 8.42 Å². The third-order valence-corrected chi connectivity index (χ3v) is 3.81. The van der Waals surface area contributed by atoms with Gasteiger partial charge in [0.05, 0.1) is 18.9 Å². The van der Waals surface area contributed by atoms with E-state index < -0.39 is 10.0 Å². The molecule has 0 aliphatic heterocycles. The number of benzene rings is 2. The van der Waals surface area contributed by atoms with Crippen LogP contribution in [0.5, 0.6) is 5.75 Å². The number of sulfonamides is 1. The number of methoxy groups -OCH3 is 1. The summed E-state index contributed by atoms with van der Waals surface area (Å²) in [6.45, 7) is 0. The average molecular weight is 334 g/mol. The van der Waals surface area contributed by atoms with Crippen LogP contribution in [0, 0.1) is 0 Å². The average Bonchev–Trinajstić information content (AvgIpc) is 2.52. The first-order valence-corrected chi connectivity index (χ1v) is 8.70. The molecule has 0 saturated heterocycles. The lowest BCUT2D eigenvalue weighted by Gasteiger charge is -2.19. The molecule has 0 heterocycles. The first-order chi connectivity index (χ1) is 10.8. The van der Waals surface area contributed by atoms with Crippen LogP contribution in [-0.2, 0) is 10.0 Å². The van der Waals surface area contributed by atoms with E-state index in [1.54, 1.807) is 55.6 Å². The number of carbonyl (C=O) groups is 1. The molecular weight excluding hydrogens is 316 g/mol. The molecule has 0 atom stereocenters. The highest BCUT2D eigenvalue weighted by atomic mass is 32.2. The summed E-state index contributed by atoms with van der Waals surface area (Å²) in [5, 5.41) is 0. The van der Waals surface area contributed by atoms with Crippen LogP contribution in [-0.4, -0.2) is 34.7 Å². The molecule has 0 aliphatic rings. The SMILES string of the molecule is COc1ccccc1C(=O)N(C)c1ccc(NS(C)(=O)=O)cc1. The van der Waals surface area contributed by atoms with Gasteiger partial charge in [-0.05, 0) is 36.4 Å². The van der Waals surface area contributed by atoms with Crippen molar-refractivity contribution in [3.8, 4) is 5.75 Å². The van der Waals surface area contributed by atoms with Gasteiger partial charge in [0, 0.05) is 18.4 Å². The second kappa shape index (κ2) is 6.70.